The standard InChI is InChI=1S/C11H14ClN3OS/c1-8(6-9-4-3-5-17-9)15(2)11-14-13-10(7-12)16-11/h3-5,8H,6-7H2,1-2H3. The zero-order valence-electron chi connectivity index (χ0n) is 9.76. The van der Waals surface area contributed by atoms with Gasteiger partial charge in [0.25, 0.3) is 0 Å². The summed E-state index contributed by atoms with van der Waals surface area (Å²) in [4.78, 5) is 3.32. The third-order valence-corrected chi connectivity index (χ3v) is 3.74. The molecule has 1 atom stereocenters. The number of likely N-dealkylation sites (N-methyl/N-ethyl adjacent to an activating group) is 1. The van der Waals surface area contributed by atoms with Crippen LogP contribution in [0, 0.1) is 0 Å². The van der Waals surface area contributed by atoms with E-state index in [1.807, 2.05) is 11.9 Å². The molecule has 4 nitrogen and oxygen atoms in total. The molecule has 2 rings (SSSR count). The minimum atomic E-state index is 0.250. The Morgan fingerprint density at radius 2 is 2.35 bits per heavy atom. The molecule has 0 aromatic carbocycles. The van der Waals surface area contributed by atoms with Gasteiger partial charge in [0.15, 0.2) is 0 Å². The van der Waals surface area contributed by atoms with Crippen LogP contribution in [-0.4, -0.2) is 23.3 Å². The van der Waals surface area contributed by atoms with Crippen LogP contribution in [0.1, 0.15) is 17.7 Å². The normalized spacial score (nSPS) is 12.6. The fraction of sp³-hybridized carbons (Fsp3) is 0.455. The first kappa shape index (κ1) is 12.4. The summed E-state index contributed by atoms with van der Waals surface area (Å²) < 4.78 is 5.41. The number of hydrogen-bond donors (Lipinski definition) is 0. The number of nitrogens with zero attached hydrogens (tertiary/aromatic N) is 3. The van der Waals surface area contributed by atoms with Gasteiger partial charge in [-0.15, -0.1) is 28.0 Å². The summed E-state index contributed by atoms with van der Waals surface area (Å²) >= 11 is 7.39. The van der Waals surface area contributed by atoms with E-state index in [0.717, 1.165) is 6.42 Å². The van der Waals surface area contributed by atoms with Crippen LogP contribution in [0.4, 0.5) is 6.01 Å². The molecule has 0 N–H and O–H groups in total. The number of alkyl halides is 1. The average Bonchev–Trinajstić information content (AvgIpc) is 2.98. The molecule has 0 radical (unpaired) electrons. The Labute approximate surface area is 109 Å². The molecule has 17 heavy (non-hydrogen) atoms. The second-order valence-corrected chi connectivity index (χ2v) is 5.15. The molecular weight excluding hydrogens is 258 g/mol. The summed E-state index contributed by atoms with van der Waals surface area (Å²) in [7, 11) is 1.95. The lowest BCUT2D eigenvalue weighted by molar-refractivity contribution is 0.491. The van der Waals surface area contributed by atoms with Gasteiger partial charge in [-0.1, -0.05) is 11.2 Å². The molecule has 0 fully saturated rings. The number of halogens is 1. The second-order valence-electron chi connectivity index (χ2n) is 3.86. The molecule has 2 aromatic rings. The van der Waals surface area contributed by atoms with Crippen molar-refractivity contribution in [3.05, 3.63) is 28.3 Å². The van der Waals surface area contributed by atoms with Gasteiger partial charge in [0.05, 0.1) is 0 Å². The number of aromatic nitrogens is 2. The summed E-state index contributed by atoms with van der Waals surface area (Å²) in [6.07, 6.45) is 0.965. The minimum absolute atomic E-state index is 0.250. The summed E-state index contributed by atoms with van der Waals surface area (Å²) in [6, 6.07) is 5.01. The number of hydrogen-bond acceptors (Lipinski definition) is 5. The van der Waals surface area contributed by atoms with E-state index < -0.39 is 0 Å². The van der Waals surface area contributed by atoms with Crippen molar-refractivity contribution >= 4 is 29.0 Å². The number of thiophene rings is 1. The fourth-order valence-electron chi connectivity index (χ4n) is 1.49. The second kappa shape index (κ2) is 5.51. The maximum absolute atomic E-state index is 5.63. The van der Waals surface area contributed by atoms with E-state index in [9.17, 15) is 0 Å². The lowest BCUT2D eigenvalue weighted by Gasteiger charge is -2.21. The van der Waals surface area contributed by atoms with Gasteiger partial charge in [0.2, 0.25) is 5.89 Å². The first-order chi connectivity index (χ1) is 8.20. The van der Waals surface area contributed by atoms with Crippen molar-refractivity contribution in [3.8, 4) is 0 Å². The molecule has 0 amide bonds. The Morgan fingerprint density at radius 1 is 1.53 bits per heavy atom. The fourth-order valence-corrected chi connectivity index (χ4v) is 2.42. The van der Waals surface area contributed by atoms with E-state index in [4.69, 9.17) is 16.0 Å². The van der Waals surface area contributed by atoms with Crippen LogP contribution in [0.25, 0.3) is 0 Å². The molecule has 0 spiro atoms. The maximum Gasteiger partial charge on any atom is 0.318 e. The van der Waals surface area contributed by atoms with Crippen molar-refractivity contribution in [2.75, 3.05) is 11.9 Å². The highest BCUT2D eigenvalue weighted by Crippen LogP contribution is 2.18. The molecule has 0 aliphatic rings. The molecule has 2 heterocycles. The molecule has 0 saturated heterocycles. The molecule has 1 unspecified atom stereocenters. The van der Waals surface area contributed by atoms with Crippen molar-refractivity contribution in [1.82, 2.24) is 10.2 Å². The predicted octanol–water partition coefficient (Wildman–Crippen LogP) is 2.94. The molecule has 92 valence electrons. The molecule has 0 bridgehead atoms. The summed E-state index contributed by atoms with van der Waals surface area (Å²) in [6.45, 7) is 2.13. The van der Waals surface area contributed by atoms with Crippen molar-refractivity contribution < 1.29 is 4.42 Å². The molecule has 0 saturated carbocycles. The molecule has 0 aliphatic carbocycles. The maximum atomic E-state index is 5.63. The van der Waals surface area contributed by atoms with E-state index in [1.54, 1.807) is 11.3 Å². The molecule has 2 aromatic heterocycles. The highest BCUT2D eigenvalue weighted by molar-refractivity contribution is 7.09. The molecule has 6 heteroatoms. The summed E-state index contributed by atoms with van der Waals surface area (Å²) in [5.41, 5.74) is 0. The Hall–Kier alpha value is -1.07. The number of anilines is 1. The highest BCUT2D eigenvalue weighted by atomic mass is 35.5. The third kappa shape index (κ3) is 2.98. The lowest BCUT2D eigenvalue weighted by Crippen LogP contribution is -2.30. The van der Waals surface area contributed by atoms with Crippen LogP contribution in [0.2, 0.25) is 0 Å². The van der Waals surface area contributed by atoms with Gasteiger partial charge in [0.1, 0.15) is 5.88 Å². The van der Waals surface area contributed by atoms with Gasteiger partial charge >= 0.3 is 6.01 Å². The van der Waals surface area contributed by atoms with Gasteiger partial charge in [-0.2, -0.15) is 0 Å². The monoisotopic (exact) mass is 271 g/mol. The Kier molecular flexibility index (Phi) is 4.02. The predicted molar refractivity (Wildman–Crippen MR) is 69.7 cm³/mol. The quantitative estimate of drug-likeness (QED) is 0.784. The van der Waals surface area contributed by atoms with E-state index in [0.29, 0.717) is 17.9 Å². The smallest absolute Gasteiger partial charge is 0.318 e. The van der Waals surface area contributed by atoms with Crippen LogP contribution in [-0.2, 0) is 12.3 Å². The Balaban J connectivity index is 2.01. The largest absolute Gasteiger partial charge is 0.407 e. The summed E-state index contributed by atoms with van der Waals surface area (Å²) in [5, 5.41) is 9.90. The van der Waals surface area contributed by atoms with Crippen molar-refractivity contribution in [2.24, 2.45) is 0 Å². The van der Waals surface area contributed by atoms with Crippen molar-refractivity contribution in [2.45, 2.75) is 25.3 Å². The van der Waals surface area contributed by atoms with Crippen molar-refractivity contribution in [1.29, 1.82) is 0 Å². The van der Waals surface area contributed by atoms with E-state index >= 15 is 0 Å². The van der Waals surface area contributed by atoms with Gasteiger partial charge in [-0.3, -0.25) is 0 Å². The van der Waals surface area contributed by atoms with E-state index in [1.165, 1.54) is 4.88 Å². The zero-order valence-corrected chi connectivity index (χ0v) is 11.3. The van der Waals surface area contributed by atoms with Gasteiger partial charge in [0, 0.05) is 24.4 Å². The zero-order chi connectivity index (χ0) is 12.3. The minimum Gasteiger partial charge on any atom is -0.407 e. The van der Waals surface area contributed by atoms with Crippen LogP contribution in [0.15, 0.2) is 21.9 Å². The lowest BCUT2D eigenvalue weighted by atomic mass is 10.2. The highest BCUT2D eigenvalue weighted by Gasteiger charge is 2.16. The first-order valence-corrected chi connectivity index (χ1v) is 6.75. The Morgan fingerprint density at radius 3 is 2.94 bits per heavy atom. The van der Waals surface area contributed by atoms with Crippen molar-refractivity contribution in [3.63, 3.8) is 0 Å². The van der Waals surface area contributed by atoms with E-state index in [-0.39, 0.29) is 5.88 Å². The molecule has 0 aliphatic heterocycles. The van der Waals surface area contributed by atoms with Crippen LogP contribution < -0.4 is 4.90 Å². The van der Waals surface area contributed by atoms with E-state index in [2.05, 4.69) is 34.6 Å². The Bertz CT molecular complexity index is 457. The van der Waals surface area contributed by atoms with Crippen LogP contribution in [0.3, 0.4) is 0 Å². The third-order valence-electron chi connectivity index (χ3n) is 2.61. The average molecular weight is 272 g/mol. The molecular formula is C11H14ClN3OS. The van der Waals surface area contributed by atoms with Crippen LogP contribution >= 0.6 is 22.9 Å². The SMILES string of the molecule is CC(Cc1cccs1)N(C)c1nnc(CCl)o1. The number of rotatable bonds is 5. The topological polar surface area (TPSA) is 42.2 Å². The van der Waals surface area contributed by atoms with Gasteiger partial charge in [-0.25, -0.2) is 0 Å². The first-order valence-electron chi connectivity index (χ1n) is 5.34. The van der Waals surface area contributed by atoms with Gasteiger partial charge < -0.3 is 9.32 Å². The van der Waals surface area contributed by atoms with Crippen LogP contribution in [0.5, 0.6) is 0 Å². The van der Waals surface area contributed by atoms with Gasteiger partial charge in [-0.05, 0) is 18.4 Å². The summed E-state index contributed by atoms with van der Waals surface area (Å²) in [5.74, 6) is 0.706.